The number of nitrogens with one attached hydrogen (secondary N) is 3. The molecular formula is C20H22F2N4O3. The minimum absolute atomic E-state index is 0.230. The number of fused-ring (bicyclic) bond motifs is 1. The van der Waals surface area contributed by atoms with Gasteiger partial charge < -0.3 is 25.5 Å². The van der Waals surface area contributed by atoms with Gasteiger partial charge in [0.2, 0.25) is 0 Å². The van der Waals surface area contributed by atoms with E-state index in [9.17, 15) is 18.7 Å². The largest absolute Gasteiger partial charge is 0.495 e. The van der Waals surface area contributed by atoms with E-state index >= 15 is 0 Å². The summed E-state index contributed by atoms with van der Waals surface area (Å²) in [7, 11) is 1.46. The van der Waals surface area contributed by atoms with Crippen molar-refractivity contribution in [2.24, 2.45) is 0 Å². The van der Waals surface area contributed by atoms with Crippen LogP contribution >= 0.6 is 0 Å². The molecule has 0 spiro atoms. The Morgan fingerprint density at radius 3 is 2.90 bits per heavy atom. The second kappa shape index (κ2) is 8.87. The number of carbonyl (C=O) groups is 1. The van der Waals surface area contributed by atoms with Crippen molar-refractivity contribution in [3.63, 3.8) is 0 Å². The lowest BCUT2D eigenvalue weighted by atomic mass is 9.99. The van der Waals surface area contributed by atoms with E-state index < -0.39 is 29.3 Å². The van der Waals surface area contributed by atoms with E-state index in [0.717, 1.165) is 25.0 Å². The lowest BCUT2D eigenvalue weighted by Crippen LogP contribution is -2.30. The molecule has 1 unspecified atom stereocenters. The number of aromatic nitrogens is 2. The number of anilines is 1. The topological polar surface area (TPSA) is 99.3 Å². The Morgan fingerprint density at radius 2 is 2.17 bits per heavy atom. The molecule has 0 bridgehead atoms. The highest BCUT2D eigenvalue weighted by Gasteiger charge is 2.25. The number of rotatable bonds is 7. The molecule has 4 N–H and O–H groups in total. The first-order valence-corrected chi connectivity index (χ1v) is 9.18. The molecular weight excluding hydrogens is 382 g/mol. The van der Waals surface area contributed by atoms with Gasteiger partial charge in [0.15, 0.2) is 5.82 Å². The van der Waals surface area contributed by atoms with Gasteiger partial charge >= 0.3 is 6.03 Å². The summed E-state index contributed by atoms with van der Waals surface area (Å²) in [6.45, 7) is 2.41. The van der Waals surface area contributed by atoms with E-state index in [4.69, 9.17) is 4.74 Å². The smallest absolute Gasteiger partial charge is 0.319 e. The van der Waals surface area contributed by atoms with Crippen molar-refractivity contribution in [1.29, 1.82) is 0 Å². The Kier molecular flexibility index (Phi) is 6.28. The summed E-state index contributed by atoms with van der Waals surface area (Å²) in [6.07, 6.45) is 2.96. The summed E-state index contributed by atoms with van der Waals surface area (Å²) >= 11 is 0. The van der Waals surface area contributed by atoms with Gasteiger partial charge in [-0.15, -0.1) is 0 Å². The third-order valence-electron chi connectivity index (χ3n) is 4.53. The number of aliphatic hydroxyl groups is 1. The second-order valence-corrected chi connectivity index (χ2v) is 6.47. The van der Waals surface area contributed by atoms with Crippen LogP contribution in [-0.2, 0) is 0 Å². The van der Waals surface area contributed by atoms with Crippen molar-refractivity contribution < 1.29 is 23.4 Å². The van der Waals surface area contributed by atoms with Crippen LogP contribution < -0.4 is 15.4 Å². The molecule has 154 valence electrons. The third-order valence-corrected chi connectivity index (χ3v) is 4.53. The maximum absolute atomic E-state index is 15.0. The molecule has 0 fully saturated rings. The number of hydrogen-bond acceptors (Lipinski definition) is 4. The van der Waals surface area contributed by atoms with Crippen molar-refractivity contribution in [2.45, 2.75) is 25.9 Å². The third kappa shape index (κ3) is 4.29. The predicted octanol–water partition coefficient (Wildman–Crippen LogP) is 3.85. The normalized spacial score (nSPS) is 12.0. The van der Waals surface area contributed by atoms with Gasteiger partial charge in [0.25, 0.3) is 0 Å². The van der Waals surface area contributed by atoms with Crippen LogP contribution in [0.1, 0.15) is 37.0 Å². The zero-order valence-electron chi connectivity index (χ0n) is 16.1. The first-order valence-electron chi connectivity index (χ1n) is 9.18. The fourth-order valence-corrected chi connectivity index (χ4v) is 2.96. The Labute approximate surface area is 166 Å². The standard InChI is InChI=1S/C20H22F2N4O3/c1-3-4-7-23-20(28)26-15-6-5-14(21)16(17(15)22)18(27)13-10-25-19-12(13)8-11(29-2)9-24-19/h5-6,8-10,18,27H,3-4,7H2,1-2H3,(H,24,25)(H2,23,26,28). The molecule has 7 nitrogen and oxygen atoms in total. The fourth-order valence-electron chi connectivity index (χ4n) is 2.96. The molecule has 1 atom stereocenters. The molecule has 0 saturated carbocycles. The van der Waals surface area contributed by atoms with Crippen LogP contribution in [-0.4, -0.2) is 34.8 Å². The molecule has 9 heteroatoms. The van der Waals surface area contributed by atoms with Gasteiger partial charge in [-0.1, -0.05) is 13.3 Å². The quantitative estimate of drug-likeness (QED) is 0.450. The molecule has 3 aromatic rings. The maximum atomic E-state index is 15.0. The monoisotopic (exact) mass is 404 g/mol. The number of nitrogens with zero attached hydrogens (tertiary/aromatic N) is 1. The van der Waals surface area contributed by atoms with Crippen molar-refractivity contribution in [2.75, 3.05) is 19.0 Å². The number of methoxy groups -OCH3 is 1. The van der Waals surface area contributed by atoms with Gasteiger partial charge in [-0.05, 0) is 24.6 Å². The van der Waals surface area contributed by atoms with Gasteiger partial charge in [0.1, 0.15) is 23.3 Å². The average Bonchev–Trinajstić information content (AvgIpc) is 3.13. The van der Waals surface area contributed by atoms with Crippen LogP contribution in [0.2, 0.25) is 0 Å². The number of hydrogen-bond donors (Lipinski definition) is 4. The highest BCUT2D eigenvalue weighted by molar-refractivity contribution is 5.89. The van der Waals surface area contributed by atoms with Crippen LogP contribution in [0, 0.1) is 11.6 Å². The molecule has 2 amide bonds. The molecule has 0 aliphatic carbocycles. The summed E-state index contributed by atoms with van der Waals surface area (Å²) < 4.78 is 34.5. The van der Waals surface area contributed by atoms with Crippen LogP contribution in [0.4, 0.5) is 19.3 Å². The number of urea groups is 1. The number of benzene rings is 1. The highest BCUT2D eigenvalue weighted by atomic mass is 19.1. The lowest BCUT2D eigenvalue weighted by molar-refractivity contribution is 0.210. The predicted molar refractivity (Wildman–Crippen MR) is 105 cm³/mol. The first-order chi connectivity index (χ1) is 14.0. The number of amides is 2. The van der Waals surface area contributed by atoms with Crippen molar-refractivity contribution in [3.05, 3.63) is 53.4 Å². The Bertz CT molecular complexity index is 1020. The molecule has 29 heavy (non-hydrogen) atoms. The number of pyridine rings is 1. The first kappa shape index (κ1) is 20.5. The van der Waals surface area contributed by atoms with E-state index in [-0.39, 0.29) is 11.3 Å². The van der Waals surface area contributed by atoms with E-state index in [1.54, 1.807) is 6.07 Å². The number of carbonyl (C=O) groups excluding carboxylic acids is 1. The second-order valence-electron chi connectivity index (χ2n) is 6.47. The number of halogens is 2. The lowest BCUT2D eigenvalue weighted by Gasteiger charge is -2.16. The summed E-state index contributed by atoms with van der Waals surface area (Å²) in [5, 5.41) is 16.1. The fraction of sp³-hybridized carbons (Fsp3) is 0.300. The van der Waals surface area contributed by atoms with E-state index in [1.165, 1.54) is 19.5 Å². The molecule has 2 heterocycles. The molecule has 0 radical (unpaired) electrons. The molecule has 2 aromatic heterocycles. The molecule has 3 rings (SSSR count). The Morgan fingerprint density at radius 1 is 1.38 bits per heavy atom. The van der Waals surface area contributed by atoms with Crippen LogP contribution in [0.25, 0.3) is 11.0 Å². The molecule has 0 aliphatic heterocycles. The minimum atomic E-state index is -1.62. The summed E-state index contributed by atoms with van der Waals surface area (Å²) in [4.78, 5) is 18.9. The highest BCUT2D eigenvalue weighted by Crippen LogP contribution is 2.34. The molecule has 1 aromatic carbocycles. The number of aromatic amines is 1. The van der Waals surface area contributed by atoms with Crippen LogP contribution in [0.5, 0.6) is 5.75 Å². The van der Waals surface area contributed by atoms with Gasteiger partial charge in [-0.3, -0.25) is 0 Å². The van der Waals surface area contributed by atoms with Gasteiger partial charge in [-0.2, -0.15) is 0 Å². The molecule has 0 aliphatic rings. The maximum Gasteiger partial charge on any atom is 0.319 e. The van der Waals surface area contributed by atoms with Crippen molar-refractivity contribution >= 4 is 22.8 Å². The Balaban J connectivity index is 1.93. The van der Waals surface area contributed by atoms with Gasteiger partial charge in [-0.25, -0.2) is 18.6 Å². The SMILES string of the molecule is CCCCNC(=O)Nc1ccc(F)c(C(O)c2c[nH]c3ncc(OC)cc23)c1F. The number of aliphatic hydroxyl groups excluding tert-OH is 1. The van der Waals surface area contributed by atoms with Crippen molar-refractivity contribution in [3.8, 4) is 5.75 Å². The summed E-state index contributed by atoms with van der Waals surface area (Å²) in [5.74, 6) is -1.55. The molecule has 0 saturated heterocycles. The number of unbranched alkanes of at least 4 members (excludes halogenated alkanes) is 1. The Hall–Kier alpha value is -3.20. The van der Waals surface area contributed by atoms with Crippen LogP contribution in [0.3, 0.4) is 0 Å². The van der Waals surface area contributed by atoms with Crippen molar-refractivity contribution in [1.82, 2.24) is 15.3 Å². The van der Waals surface area contributed by atoms with Gasteiger partial charge in [0, 0.05) is 23.7 Å². The summed E-state index contributed by atoms with van der Waals surface area (Å²) in [5.41, 5.74) is -0.135. The van der Waals surface area contributed by atoms with Gasteiger partial charge in [0.05, 0.1) is 24.6 Å². The van der Waals surface area contributed by atoms with E-state index in [1.807, 2.05) is 6.92 Å². The zero-order chi connectivity index (χ0) is 21.0. The van der Waals surface area contributed by atoms with E-state index in [0.29, 0.717) is 23.3 Å². The van der Waals surface area contributed by atoms with E-state index in [2.05, 4.69) is 20.6 Å². The minimum Gasteiger partial charge on any atom is -0.495 e. The number of H-pyrrole nitrogens is 1. The summed E-state index contributed by atoms with van der Waals surface area (Å²) in [6, 6.07) is 3.11. The number of ether oxygens (including phenoxy) is 1. The average molecular weight is 404 g/mol. The van der Waals surface area contributed by atoms with Crippen LogP contribution in [0.15, 0.2) is 30.6 Å². The zero-order valence-corrected chi connectivity index (χ0v) is 16.1.